The summed E-state index contributed by atoms with van der Waals surface area (Å²) < 4.78 is 14.3. The summed E-state index contributed by atoms with van der Waals surface area (Å²) in [6.07, 6.45) is 0. The largest absolute Gasteiger partial charge is 0.383 e. The Labute approximate surface area is 121 Å². The van der Waals surface area contributed by atoms with E-state index in [1.165, 1.54) is 6.07 Å². The molecule has 1 amide bonds. The van der Waals surface area contributed by atoms with E-state index in [9.17, 15) is 9.18 Å². The molecule has 0 saturated heterocycles. The summed E-state index contributed by atoms with van der Waals surface area (Å²) in [7, 11) is 0. The van der Waals surface area contributed by atoms with Gasteiger partial charge in [0.25, 0.3) is 5.91 Å². The summed E-state index contributed by atoms with van der Waals surface area (Å²) in [6.45, 7) is 7.51. The van der Waals surface area contributed by atoms with Gasteiger partial charge in [0, 0.05) is 17.6 Å². The van der Waals surface area contributed by atoms with Crippen molar-refractivity contribution in [2.24, 2.45) is 5.73 Å². The van der Waals surface area contributed by atoms with Crippen molar-refractivity contribution >= 4 is 27.5 Å². The summed E-state index contributed by atoms with van der Waals surface area (Å²) in [5.41, 5.74) is 5.53. The molecule has 0 fully saturated rings. The predicted octanol–water partition coefficient (Wildman–Crippen LogP) is 2.44. The molecule has 106 valence electrons. The molecule has 0 spiro atoms. The fourth-order valence-corrected chi connectivity index (χ4v) is 2.28. The Hall–Kier alpha value is -1.14. The van der Waals surface area contributed by atoms with E-state index in [1.54, 1.807) is 6.07 Å². The summed E-state index contributed by atoms with van der Waals surface area (Å²) in [5, 5.41) is 3.06. The van der Waals surface area contributed by atoms with E-state index in [0.717, 1.165) is 19.6 Å². The first kappa shape index (κ1) is 15.9. The van der Waals surface area contributed by atoms with E-state index in [4.69, 9.17) is 5.73 Å². The minimum Gasteiger partial charge on any atom is -0.383 e. The van der Waals surface area contributed by atoms with E-state index >= 15 is 0 Å². The number of benzene rings is 1. The van der Waals surface area contributed by atoms with E-state index < -0.39 is 11.7 Å². The van der Waals surface area contributed by atoms with Gasteiger partial charge in [0.15, 0.2) is 0 Å². The first-order chi connectivity index (χ1) is 8.99. The van der Waals surface area contributed by atoms with Crippen LogP contribution in [0.25, 0.3) is 0 Å². The van der Waals surface area contributed by atoms with Crippen LogP contribution < -0.4 is 11.1 Å². The lowest BCUT2D eigenvalue weighted by atomic mass is 10.1. The Morgan fingerprint density at radius 3 is 2.58 bits per heavy atom. The van der Waals surface area contributed by atoms with Crippen LogP contribution in [0.2, 0.25) is 0 Å². The summed E-state index contributed by atoms with van der Waals surface area (Å²) in [4.78, 5) is 13.5. The van der Waals surface area contributed by atoms with Gasteiger partial charge in [-0.25, -0.2) is 4.39 Å². The maximum atomic E-state index is 13.7. The van der Waals surface area contributed by atoms with Crippen molar-refractivity contribution in [1.29, 1.82) is 0 Å². The van der Waals surface area contributed by atoms with Crippen molar-refractivity contribution < 1.29 is 9.18 Å². The van der Waals surface area contributed by atoms with Gasteiger partial charge in [-0.2, -0.15) is 0 Å². The molecule has 1 aromatic rings. The Morgan fingerprint density at radius 1 is 1.42 bits per heavy atom. The van der Waals surface area contributed by atoms with E-state index in [-0.39, 0.29) is 5.56 Å². The number of hydrogen-bond acceptors (Lipinski definition) is 3. The summed E-state index contributed by atoms with van der Waals surface area (Å²) in [5.74, 6) is -1.39. The molecule has 4 nitrogen and oxygen atoms in total. The number of carbonyl (C=O) groups is 1. The Bertz CT molecular complexity index is 450. The second-order valence-corrected chi connectivity index (χ2v) is 5.04. The lowest BCUT2D eigenvalue weighted by Gasteiger charge is -2.19. The number of carbonyl (C=O) groups excluding carboxylic acids is 1. The minimum atomic E-state index is -0.768. The van der Waals surface area contributed by atoms with Gasteiger partial charge in [-0.3, -0.25) is 4.79 Å². The molecule has 0 unspecified atom stereocenters. The zero-order chi connectivity index (χ0) is 14.4. The van der Waals surface area contributed by atoms with Crippen LogP contribution >= 0.6 is 15.9 Å². The average molecular weight is 332 g/mol. The van der Waals surface area contributed by atoms with Gasteiger partial charge in [-0.1, -0.05) is 29.8 Å². The Morgan fingerprint density at radius 2 is 2.05 bits per heavy atom. The van der Waals surface area contributed by atoms with Crippen LogP contribution in [0.4, 0.5) is 10.1 Å². The van der Waals surface area contributed by atoms with Crippen LogP contribution in [0, 0.1) is 5.82 Å². The van der Waals surface area contributed by atoms with Crippen LogP contribution in [0.1, 0.15) is 24.2 Å². The molecule has 0 aromatic heterocycles. The highest BCUT2D eigenvalue weighted by Gasteiger charge is 2.15. The highest BCUT2D eigenvalue weighted by atomic mass is 79.9. The molecule has 3 N–H and O–H groups in total. The number of halogens is 2. The van der Waals surface area contributed by atoms with Gasteiger partial charge in [0.1, 0.15) is 5.82 Å². The topological polar surface area (TPSA) is 58.4 Å². The molecule has 1 aromatic carbocycles. The average Bonchev–Trinajstić information content (AvgIpc) is 2.33. The monoisotopic (exact) mass is 331 g/mol. The van der Waals surface area contributed by atoms with Crippen molar-refractivity contribution in [3.05, 3.63) is 28.0 Å². The van der Waals surface area contributed by atoms with Crippen LogP contribution in [-0.4, -0.2) is 37.0 Å². The number of nitrogens with two attached hydrogens (primary N) is 1. The highest BCUT2D eigenvalue weighted by molar-refractivity contribution is 9.10. The molecule has 1 rings (SSSR count). The Kier molecular flexibility index (Phi) is 6.24. The quantitative estimate of drug-likeness (QED) is 0.806. The minimum absolute atomic E-state index is 0.0947. The molecule has 0 atom stereocenters. The van der Waals surface area contributed by atoms with Crippen LogP contribution in [0.3, 0.4) is 0 Å². The third-order valence-electron chi connectivity index (χ3n) is 2.94. The SMILES string of the molecule is CCN(CC)CCNc1cc(Br)cc(F)c1C(N)=O. The normalized spacial score (nSPS) is 10.8. The van der Waals surface area contributed by atoms with Crippen molar-refractivity contribution in [3.63, 3.8) is 0 Å². The molecule has 0 saturated carbocycles. The molecule has 0 aliphatic heterocycles. The van der Waals surface area contributed by atoms with Gasteiger partial charge in [0.2, 0.25) is 0 Å². The number of anilines is 1. The first-order valence-corrected chi connectivity index (χ1v) is 7.03. The van der Waals surface area contributed by atoms with Crippen LogP contribution in [0.15, 0.2) is 16.6 Å². The van der Waals surface area contributed by atoms with Gasteiger partial charge in [-0.05, 0) is 25.2 Å². The second kappa shape index (κ2) is 7.45. The molecule has 0 heterocycles. The molecule has 0 bridgehead atoms. The molecule has 6 heteroatoms. The third-order valence-corrected chi connectivity index (χ3v) is 3.40. The zero-order valence-corrected chi connectivity index (χ0v) is 12.8. The van der Waals surface area contributed by atoms with E-state index in [0.29, 0.717) is 16.7 Å². The number of hydrogen-bond donors (Lipinski definition) is 2. The number of nitrogens with zero attached hydrogens (tertiary/aromatic N) is 1. The van der Waals surface area contributed by atoms with Crippen molar-refractivity contribution in [1.82, 2.24) is 4.90 Å². The highest BCUT2D eigenvalue weighted by Crippen LogP contribution is 2.24. The van der Waals surface area contributed by atoms with Crippen molar-refractivity contribution in [2.75, 3.05) is 31.5 Å². The van der Waals surface area contributed by atoms with Crippen LogP contribution in [-0.2, 0) is 0 Å². The smallest absolute Gasteiger partial charge is 0.253 e. The second-order valence-electron chi connectivity index (χ2n) is 4.13. The number of amides is 1. The standard InChI is InChI=1S/C13H19BrFN3O/c1-3-18(4-2)6-5-17-11-8-9(14)7-10(15)12(11)13(16)19/h7-8,17H,3-6H2,1-2H3,(H2,16,19). The van der Waals surface area contributed by atoms with E-state index in [2.05, 4.69) is 40.0 Å². The molecular formula is C13H19BrFN3O. The van der Waals surface area contributed by atoms with Crippen LogP contribution in [0.5, 0.6) is 0 Å². The van der Waals surface area contributed by atoms with Gasteiger partial charge >= 0.3 is 0 Å². The number of primary amides is 1. The lowest BCUT2D eigenvalue weighted by Crippen LogP contribution is -2.29. The molecular weight excluding hydrogens is 313 g/mol. The van der Waals surface area contributed by atoms with Gasteiger partial charge in [0.05, 0.1) is 11.3 Å². The number of rotatable bonds is 7. The molecule has 0 aliphatic carbocycles. The maximum absolute atomic E-state index is 13.7. The Balaban J connectivity index is 2.80. The lowest BCUT2D eigenvalue weighted by molar-refractivity contribution is 0.0997. The molecule has 0 radical (unpaired) electrons. The number of likely N-dealkylation sites (N-methyl/N-ethyl adjacent to an activating group) is 1. The number of nitrogens with one attached hydrogen (secondary N) is 1. The summed E-state index contributed by atoms with van der Waals surface area (Å²) >= 11 is 3.20. The fraction of sp³-hybridized carbons (Fsp3) is 0.462. The van der Waals surface area contributed by atoms with E-state index in [1.807, 2.05) is 0 Å². The van der Waals surface area contributed by atoms with Crippen molar-refractivity contribution in [3.8, 4) is 0 Å². The summed E-state index contributed by atoms with van der Waals surface area (Å²) in [6, 6.07) is 2.89. The fourth-order valence-electron chi connectivity index (χ4n) is 1.85. The van der Waals surface area contributed by atoms with Gasteiger partial charge in [-0.15, -0.1) is 0 Å². The predicted molar refractivity (Wildman–Crippen MR) is 78.9 cm³/mol. The van der Waals surface area contributed by atoms with Crippen molar-refractivity contribution in [2.45, 2.75) is 13.8 Å². The third kappa shape index (κ3) is 4.47. The molecule has 19 heavy (non-hydrogen) atoms. The molecule has 0 aliphatic rings. The zero-order valence-electron chi connectivity index (χ0n) is 11.2. The first-order valence-electron chi connectivity index (χ1n) is 6.24. The van der Waals surface area contributed by atoms with Gasteiger partial charge < -0.3 is 16.0 Å². The maximum Gasteiger partial charge on any atom is 0.253 e.